The lowest BCUT2D eigenvalue weighted by molar-refractivity contribution is 0.0989. The van der Waals surface area contributed by atoms with Crippen molar-refractivity contribution in [2.75, 3.05) is 0 Å². The van der Waals surface area contributed by atoms with Crippen LogP contribution in [0.1, 0.15) is 21.1 Å². The first kappa shape index (κ1) is 12.2. The second-order valence-electron chi connectivity index (χ2n) is 3.61. The molecule has 0 N–H and O–H groups in total. The van der Waals surface area contributed by atoms with Crippen molar-refractivity contribution < 1.29 is 9.18 Å². The van der Waals surface area contributed by atoms with E-state index in [1.54, 1.807) is 0 Å². The predicted octanol–water partition coefficient (Wildman–Crippen LogP) is 3.67. The number of rotatable bonds is 3. The molecule has 0 atom stereocenters. The van der Waals surface area contributed by atoms with Gasteiger partial charge in [0, 0.05) is 16.1 Å². The molecule has 2 aromatic rings. The number of aromatic nitrogens is 1. The van der Waals surface area contributed by atoms with Crippen molar-refractivity contribution in [3.8, 4) is 0 Å². The maximum Gasteiger partial charge on any atom is 0.172 e. The second-order valence-corrected chi connectivity index (χ2v) is 4.99. The summed E-state index contributed by atoms with van der Waals surface area (Å²) < 4.78 is 13.5. The summed E-state index contributed by atoms with van der Waals surface area (Å²) in [5.74, 6) is -0.871. The first-order chi connectivity index (χ1) is 8.06. The van der Waals surface area contributed by atoms with Crippen LogP contribution in [0.15, 0.2) is 23.6 Å². The van der Waals surface area contributed by atoms with Gasteiger partial charge in [0.2, 0.25) is 0 Å². The van der Waals surface area contributed by atoms with Gasteiger partial charge in [0.25, 0.3) is 0 Å². The number of carbonyl (C=O) groups is 1. The number of carbonyl (C=O) groups excluding carboxylic acids is 1. The Morgan fingerprint density at radius 1 is 1.53 bits per heavy atom. The molecular weight excluding hydrogens is 261 g/mol. The second kappa shape index (κ2) is 4.94. The average molecular weight is 270 g/mol. The minimum absolute atomic E-state index is 0.0576. The van der Waals surface area contributed by atoms with E-state index in [1.165, 1.54) is 23.5 Å². The molecule has 17 heavy (non-hydrogen) atoms. The zero-order valence-electron chi connectivity index (χ0n) is 9.04. The SMILES string of the molecule is Cc1csc(CC(=O)c2ccc(Cl)cc2F)n1. The highest BCUT2D eigenvalue weighted by molar-refractivity contribution is 7.09. The molecule has 0 aliphatic rings. The van der Waals surface area contributed by atoms with E-state index in [1.807, 2.05) is 12.3 Å². The van der Waals surface area contributed by atoms with Gasteiger partial charge < -0.3 is 0 Å². The number of hydrogen-bond donors (Lipinski definition) is 0. The molecule has 0 bridgehead atoms. The minimum atomic E-state index is -0.587. The molecule has 1 aromatic heterocycles. The number of hydrogen-bond acceptors (Lipinski definition) is 3. The number of benzene rings is 1. The van der Waals surface area contributed by atoms with Gasteiger partial charge in [-0.1, -0.05) is 11.6 Å². The van der Waals surface area contributed by atoms with Crippen LogP contribution in [-0.2, 0) is 6.42 Å². The first-order valence-electron chi connectivity index (χ1n) is 4.95. The Hall–Kier alpha value is -1.26. The average Bonchev–Trinajstić information content (AvgIpc) is 2.63. The van der Waals surface area contributed by atoms with E-state index in [4.69, 9.17) is 11.6 Å². The molecule has 2 rings (SSSR count). The summed E-state index contributed by atoms with van der Waals surface area (Å²) in [5.41, 5.74) is 0.927. The van der Waals surface area contributed by atoms with Gasteiger partial charge in [-0.05, 0) is 25.1 Å². The van der Waals surface area contributed by atoms with E-state index in [0.29, 0.717) is 5.01 Å². The maximum atomic E-state index is 13.5. The van der Waals surface area contributed by atoms with Crippen molar-refractivity contribution in [3.05, 3.63) is 50.7 Å². The molecule has 0 spiro atoms. The normalized spacial score (nSPS) is 10.5. The van der Waals surface area contributed by atoms with Gasteiger partial charge in [-0.2, -0.15) is 0 Å². The summed E-state index contributed by atoms with van der Waals surface area (Å²) in [6, 6.07) is 4.05. The molecular formula is C12H9ClFNOS. The molecule has 0 amide bonds. The van der Waals surface area contributed by atoms with E-state index in [-0.39, 0.29) is 22.8 Å². The van der Waals surface area contributed by atoms with Gasteiger partial charge in [-0.25, -0.2) is 9.37 Å². The fourth-order valence-electron chi connectivity index (χ4n) is 1.43. The lowest BCUT2D eigenvalue weighted by Gasteiger charge is -2.01. The Bertz CT molecular complexity index is 567. The van der Waals surface area contributed by atoms with Gasteiger partial charge in [0.15, 0.2) is 5.78 Å². The largest absolute Gasteiger partial charge is 0.294 e. The van der Waals surface area contributed by atoms with Crippen molar-refractivity contribution in [3.63, 3.8) is 0 Å². The Balaban J connectivity index is 2.20. The summed E-state index contributed by atoms with van der Waals surface area (Å²) in [4.78, 5) is 16.0. The number of halogens is 2. The molecule has 0 aliphatic heterocycles. The standard InChI is InChI=1S/C12H9ClFNOS/c1-7-6-17-12(15-7)5-11(16)9-3-2-8(13)4-10(9)14/h2-4,6H,5H2,1H3. The summed E-state index contributed by atoms with van der Waals surface area (Å²) >= 11 is 7.02. The topological polar surface area (TPSA) is 30.0 Å². The summed E-state index contributed by atoms with van der Waals surface area (Å²) in [6.45, 7) is 1.85. The van der Waals surface area contributed by atoms with E-state index in [0.717, 1.165) is 11.8 Å². The van der Waals surface area contributed by atoms with Crippen molar-refractivity contribution in [1.82, 2.24) is 4.98 Å². The van der Waals surface area contributed by atoms with E-state index in [9.17, 15) is 9.18 Å². The van der Waals surface area contributed by atoms with Crippen molar-refractivity contribution in [1.29, 1.82) is 0 Å². The number of aryl methyl sites for hydroxylation is 1. The van der Waals surface area contributed by atoms with Gasteiger partial charge >= 0.3 is 0 Å². The highest BCUT2D eigenvalue weighted by Gasteiger charge is 2.14. The number of ketones is 1. The molecule has 88 valence electrons. The Morgan fingerprint density at radius 2 is 2.29 bits per heavy atom. The Morgan fingerprint density at radius 3 is 2.88 bits per heavy atom. The third-order valence-electron chi connectivity index (χ3n) is 2.21. The smallest absolute Gasteiger partial charge is 0.172 e. The molecule has 0 saturated heterocycles. The van der Waals surface area contributed by atoms with Crippen molar-refractivity contribution in [2.45, 2.75) is 13.3 Å². The molecule has 0 radical (unpaired) electrons. The van der Waals surface area contributed by atoms with Gasteiger partial charge in [-0.15, -0.1) is 11.3 Å². The number of nitrogens with zero attached hydrogens (tertiary/aromatic N) is 1. The van der Waals surface area contributed by atoms with E-state index >= 15 is 0 Å². The molecule has 0 aliphatic carbocycles. The predicted molar refractivity (Wildman–Crippen MR) is 66.3 cm³/mol. The van der Waals surface area contributed by atoms with Crippen LogP contribution < -0.4 is 0 Å². The third-order valence-corrected chi connectivity index (χ3v) is 3.41. The van der Waals surface area contributed by atoms with Crippen LogP contribution in [0.5, 0.6) is 0 Å². The molecule has 0 unspecified atom stereocenters. The fourth-order valence-corrected chi connectivity index (χ4v) is 2.36. The summed E-state index contributed by atoms with van der Waals surface area (Å²) in [5, 5.41) is 2.84. The molecule has 5 heteroatoms. The Kier molecular flexibility index (Phi) is 3.54. The summed E-state index contributed by atoms with van der Waals surface area (Å²) in [6.07, 6.45) is 0.122. The van der Waals surface area contributed by atoms with E-state index < -0.39 is 5.82 Å². The lowest BCUT2D eigenvalue weighted by Crippen LogP contribution is -2.05. The van der Waals surface area contributed by atoms with Crippen LogP contribution >= 0.6 is 22.9 Å². The minimum Gasteiger partial charge on any atom is -0.294 e. The number of thiazole rings is 1. The van der Waals surface area contributed by atoms with Crippen molar-refractivity contribution in [2.24, 2.45) is 0 Å². The van der Waals surface area contributed by atoms with Crippen LogP contribution in [0.3, 0.4) is 0 Å². The summed E-state index contributed by atoms with van der Waals surface area (Å²) in [7, 11) is 0. The van der Waals surface area contributed by atoms with Crippen LogP contribution in [0.2, 0.25) is 5.02 Å². The molecule has 1 aromatic carbocycles. The zero-order chi connectivity index (χ0) is 12.4. The van der Waals surface area contributed by atoms with Crippen LogP contribution in [0.4, 0.5) is 4.39 Å². The third kappa shape index (κ3) is 2.90. The molecule has 0 fully saturated rings. The van der Waals surface area contributed by atoms with E-state index in [2.05, 4.69) is 4.98 Å². The molecule has 1 heterocycles. The van der Waals surface area contributed by atoms with Crippen LogP contribution in [-0.4, -0.2) is 10.8 Å². The Labute approximate surface area is 107 Å². The monoisotopic (exact) mass is 269 g/mol. The van der Waals surface area contributed by atoms with Gasteiger partial charge in [0.1, 0.15) is 10.8 Å². The van der Waals surface area contributed by atoms with Gasteiger partial charge in [-0.3, -0.25) is 4.79 Å². The zero-order valence-corrected chi connectivity index (χ0v) is 10.6. The van der Waals surface area contributed by atoms with Crippen LogP contribution in [0, 0.1) is 12.7 Å². The quantitative estimate of drug-likeness (QED) is 0.796. The molecule has 2 nitrogen and oxygen atoms in total. The van der Waals surface area contributed by atoms with Gasteiger partial charge in [0.05, 0.1) is 12.0 Å². The lowest BCUT2D eigenvalue weighted by atomic mass is 10.1. The highest BCUT2D eigenvalue weighted by Crippen LogP contribution is 2.18. The van der Waals surface area contributed by atoms with Crippen LogP contribution in [0.25, 0.3) is 0 Å². The maximum absolute atomic E-state index is 13.5. The fraction of sp³-hybridized carbons (Fsp3) is 0.167. The van der Waals surface area contributed by atoms with Crippen molar-refractivity contribution >= 4 is 28.7 Å². The molecule has 0 saturated carbocycles. The number of Topliss-reactive ketones (excluding diaryl/α,β-unsaturated/α-hetero) is 1. The first-order valence-corrected chi connectivity index (χ1v) is 6.21. The highest BCUT2D eigenvalue weighted by atomic mass is 35.5.